The van der Waals surface area contributed by atoms with E-state index in [4.69, 9.17) is 0 Å². The molecular formula is C16H25N3O3S. The normalized spacial score (nSPS) is 22.0. The summed E-state index contributed by atoms with van der Waals surface area (Å²) in [4.78, 5) is 14.3. The predicted octanol–water partition coefficient (Wildman–Crippen LogP) is 2.39. The third-order valence-corrected chi connectivity index (χ3v) is 5.05. The minimum absolute atomic E-state index is 0.0777. The molecule has 1 aliphatic rings. The van der Waals surface area contributed by atoms with E-state index in [-0.39, 0.29) is 18.6 Å². The fraction of sp³-hybridized carbons (Fsp3) is 0.562. The SMILES string of the molecule is C[C@@H]1CCCN(C(=O)Nc2ccc(CNS(C)(=O)=O)cc2)[C@H]1C. The van der Waals surface area contributed by atoms with E-state index in [9.17, 15) is 13.2 Å². The van der Waals surface area contributed by atoms with Crippen molar-refractivity contribution in [2.24, 2.45) is 5.92 Å². The Morgan fingerprint density at radius 3 is 2.52 bits per heavy atom. The van der Waals surface area contributed by atoms with Crippen LogP contribution in [0.15, 0.2) is 24.3 Å². The number of nitrogens with one attached hydrogen (secondary N) is 2. The van der Waals surface area contributed by atoms with Gasteiger partial charge in [0.25, 0.3) is 0 Å². The Morgan fingerprint density at radius 2 is 1.91 bits per heavy atom. The van der Waals surface area contributed by atoms with Crippen LogP contribution in [-0.2, 0) is 16.6 Å². The van der Waals surface area contributed by atoms with Crippen molar-refractivity contribution in [3.63, 3.8) is 0 Å². The largest absolute Gasteiger partial charge is 0.322 e. The van der Waals surface area contributed by atoms with Crippen molar-refractivity contribution in [3.8, 4) is 0 Å². The topological polar surface area (TPSA) is 78.5 Å². The van der Waals surface area contributed by atoms with Crippen molar-refractivity contribution in [1.29, 1.82) is 0 Å². The van der Waals surface area contributed by atoms with Gasteiger partial charge in [-0.05, 0) is 43.4 Å². The molecule has 0 radical (unpaired) electrons. The summed E-state index contributed by atoms with van der Waals surface area (Å²) in [5, 5.41) is 2.91. The molecule has 1 fully saturated rings. The first-order valence-electron chi connectivity index (χ1n) is 7.87. The maximum atomic E-state index is 12.4. The number of urea groups is 1. The molecule has 0 saturated carbocycles. The third kappa shape index (κ3) is 5.21. The van der Waals surface area contributed by atoms with Gasteiger partial charge in [0.1, 0.15) is 0 Å². The zero-order chi connectivity index (χ0) is 17.0. The number of piperidine rings is 1. The summed E-state index contributed by atoms with van der Waals surface area (Å²) in [5.74, 6) is 0.513. The van der Waals surface area contributed by atoms with Crippen LogP contribution >= 0.6 is 0 Å². The fourth-order valence-corrected chi connectivity index (χ4v) is 3.17. The molecule has 1 aromatic rings. The highest BCUT2D eigenvalue weighted by Gasteiger charge is 2.28. The molecule has 1 saturated heterocycles. The van der Waals surface area contributed by atoms with Crippen LogP contribution in [0.5, 0.6) is 0 Å². The quantitative estimate of drug-likeness (QED) is 0.884. The van der Waals surface area contributed by atoms with Crippen LogP contribution in [0.25, 0.3) is 0 Å². The Morgan fingerprint density at radius 1 is 1.26 bits per heavy atom. The summed E-state index contributed by atoms with van der Waals surface area (Å²) >= 11 is 0. The van der Waals surface area contributed by atoms with Gasteiger partial charge in [0, 0.05) is 24.8 Å². The lowest BCUT2D eigenvalue weighted by atomic mass is 9.92. The van der Waals surface area contributed by atoms with Gasteiger partial charge in [-0.15, -0.1) is 0 Å². The third-order valence-electron chi connectivity index (χ3n) is 4.38. The van der Waals surface area contributed by atoms with Gasteiger partial charge in [0.05, 0.1) is 6.26 Å². The zero-order valence-corrected chi connectivity index (χ0v) is 14.7. The minimum atomic E-state index is -3.20. The van der Waals surface area contributed by atoms with Crippen LogP contribution < -0.4 is 10.0 Å². The Bertz CT molecular complexity index is 643. The van der Waals surface area contributed by atoms with Gasteiger partial charge in [0.2, 0.25) is 10.0 Å². The number of sulfonamides is 1. The highest BCUT2D eigenvalue weighted by molar-refractivity contribution is 7.88. The fourth-order valence-electron chi connectivity index (χ4n) is 2.74. The van der Waals surface area contributed by atoms with Crippen molar-refractivity contribution >= 4 is 21.7 Å². The van der Waals surface area contributed by atoms with Gasteiger partial charge in [-0.1, -0.05) is 19.1 Å². The summed E-state index contributed by atoms with van der Waals surface area (Å²) in [7, 11) is -3.20. The van der Waals surface area contributed by atoms with Gasteiger partial charge in [0.15, 0.2) is 0 Å². The molecule has 0 aromatic heterocycles. The number of carbonyl (C=O) groups excluding carboxylic acids is 1. The Labute approximate surface area is 138 Å². The summed E-state index contributed by atoms with van der Waals surface area (Å²) in [6.45, 7) is 5.29. The van der Waals surface area contributed by atoms with E-state index in [2.05, 4.69) is 23.9 Å². The first kappa shape index (κ1) is 17.7. The standard InChI is InChI=1S/C16H25N3O3S/c1-12-5-4-10-19(13(12)2)16(20)18-15-8-6-14(7-9-15)11-17-23(3,21)22/h6-9,12-13,17H,4-5,10-11H2,1-3H3,(H,18,20)/t12-,13+/m1/s1. The van der Waals surface area contributed by atoms with Crippen LogP contribution in [-0.4, -0.2) is 38.2 Å². The summed E-state index contributed by atoms with van der Waals surface area (Å²) in [5.41, 5.74) is 1.55. The van der Waals surface area contributed by atoms with E-state index in [1.807, 2.05) is 4.90 Å². The molecule has 128 valence electrons. The molecule has 1 heterocycles. The van der Waals surface area contributed by atoms with E-state index < -0.39 is 10.0 Å². The zero-order valence-electron chi connectivity index (χ0n) is 13.9. The molecule has 0 unspecified atom stereocenters. The monoisotopic (exact) mass is 339 g/mol. The summed E-state index contributed by atoms with van der Waals surface area (Å²) < 4.78 is 24.6. The molecule has 2 N–H and O–H groups in total. The smallest absolute Gasteiger partial charge is 0.322 e. The minimum Gasteiger partial charge on any atom is -0.322 e. The Kier molecular flexibility index (Phi) is 5.64. The second kappa shape index (κ2) is 7.31. The molecule has 1 aliphatic heterocycles. The van der Waals surface area contributed by atoms with Crippen molar-refractivity contribution in [2.75, 3.05) is 18.1 Å². The van der Waals surface area contributed by atoms with Crippen LogP contribution in [0.2, 0.25) is 0 Å². The molecule has 2 rings (SSSR count). The van der Waals surface area contributed by atoms with Gasteiger partial charge < -0.3 is 10.2 Å². The molecule has 7 heteroatoms. The maximum Gasteiger partial charge on any atom is 0.322 e. The van der Waals surface area contributed by atoms with Gasteiger partial charge in [-0.2, -0.15) is 0 Å². The second-order valence-corrected chi connectivity index (χ2v) is 8.11. The number of anilines is 1. The van der Waals surface area contributed by atoms with Crippen LogP contribution in [0, 0.1) is 5.92 Å². The molecule has 2 amide bonds. The molecule has 6 nitrogen and oxygen atoms in total. The number of rotatable bonds is 4. The molecule has 1 aromatic carbocycles. The van der Waals surface area contributed by atoms with Crippen LogP contribution in [0.4, 0.5) is 10.5 Å². The van der Waals surface area contributed by atoms with Crippen molar-refractivity contribution < 1.29 is 13.2 Å². The number of benzene rings is 1. The van der Waals surface area contributed by atoms with Gasteiger partial charge in [-0.25, -0.2) is 17.9 Å². The average Bonchev–Trinajstić information content (AvgIpc) is 2.48. The number of amides is 2. The highest BCUT2D eigenvalue weighted by atomic mass is 32.2. The number of carbonyl (C=O) groups is 1. The second-order valence-electron chi connectivity index (χ2n) is 6.27. The van der Waals surface area contributed by atoms with Crippen molar-refractivity contribution in [2.45, 2.75) is 39.3 Å². The number of hydrogen-bond acceptors (Lipinski definition) is 3. The predicted molar refractivity (Wildman–Crippen MR) is 91.7 cm³/mol. The number of hydrogen-bond donors (Lipinski definition) is 2. The first-order chi connectivity index (χ1) is 10.8. The van der Waals surface area contributed by atoms with Crippen molar-refractivity contribution in [3.05, 3.63) is 29.8 Å². The molecule has 23 heavy (non-hydrogen) atoms. The molecule has 2 atom stereocenters. The first-order valence-corrected chi connectivity index (χ1v) is 9.76. The lowest BCUT2D eigenvalue weighted by molar-refractivity contribution is 0.139. The Balaban J connectivity index is 1.94. The molecular weight excluding hydrogens is 314 g/mol. The number of likely N-dealkylation sites (tertiary alicyclic amines) is 1. The van der Waals surface area contributed by atoms with Crippen LogP contribution in [0.1, 0.15) is 32.3 Å². The molecule has 0 bridgehead atoms. The van der Waals surface area contributed by atoms with E-state index >= 15 is 0 Å². The lowest BCUT2D eigenvalue weighted by Crippen LogP contribution is -2.47. The van der Waals surface area contributed by atoms with Gasteiger partial charge in [-0.3, -0.25) is 0 Å². The van der Waals surface area contributed by atoms with E-state index in [0.717, 1.165) is 31.2 Å². The number of nitrogens with zero attached hydrogens (tertiary/aromatic N) is 1. The van der Waals surface area contributed by atoms with E-state index in [1.54, 1.807) is 24.3 Å². The highest BCUT2D eigenvalue weighted by Crippen LogP contribution is 2.23. The maximum absolute atomic E-state index is 12.4. The average molecular weight is 339 g/mol. The van der Waals surface area contributed by atoms with E-state index in [0.29, 0.717) is 11.6 Å². The van der Waals surface area contributed by atoms with Gasteiger partial charge >= 0.3 is 6.03 Å². The Hall–Kier alpha value is -1.60. The summed E-state index contributed by atoms with van der Waals surface area (Å²) in [6, 6.07) is 7.34. The molecule has 0 aliphatic carbocycles. The summed E-state index contributed by atoms with van der Waals surface area (Å²) in [6.07, 6.45) is 3.32. The van der Waals surface area contributed by atoms with Crippen molar-refractivity contribution in [1.82, 2.24) is 9.62 Å². The van der Waals surface area contributed by atoms with Crippen LogP contribution in [0.3, 0.4) is 0 Å². The van der Waals surface area contributed by atoms with E-state index in [1.165, 1.54) is 0 Å². The lowest BCUT2D eigenvalue weighted by Gasteiger charge is -2.37. The molecule has 0 spiro atoms.